The molecule has 162 valence electrons. The average molecular weight is 480 g/mol. The smallest absolute Gasteiger partial charge is 0.411 e. The first-order chi connectivity index (χ1) is 15.0. The Morgan fingerprint density at radius 2 is 2.03 bits per heavy atom. The number of anilines is 1. The summed E-state index contributed by atoms with van der Waals surface area (Å²) < 4.78 is 9.93. The molecule has 0 saturated carbocycles. The first-order valence-corrected chi connectivity index (χ1v) is 11.5. The van der Waals surface area contributed by atoms with Crippen molar-refractivity contribution in [2.45, 2.75) is 11.6 Å². The molecule has 1 heterocycles. The number of ether oxygens (including phenoxy) is 2. The van der Waals surface area contributed by atoms with E-state index in [1.165, 1.54) is 39.8 Å². The van der Waals surface area contributed by atoms with E-state index in [1.54, 1.807) is 6.20 Å². The van der Waals surface area contributed by atoms with E-state index in [0.717, 1.165) is 5.03 Å². The van der Waals surface area contributed by atoms with Crippen LogP contribution in [0.1, 0.15) is 15.9 Å². The number of amides is 2. The maximum atomic E-state index is 12.1. The van der Waals surface area contributed by atoms with Crippen molar-refractivity contribution in [2.24, 2.45) is 0 Å². The van der Waals surface area contributed by atoms with Crippen LogP contribution in [0.5, 0.6) is 0 Å². The molecule has 2 rings (SSSR count). The molecule has 2 amide bonds. The molecular formula is C20H18ClN3O5S2. The fraction of sp³-hybridized carbons (Fsp3) is 0.200. The van der Waals surface area contributed by atoms with Crippen LogP contribution in [0.3, 0.4) is 0 Å². The third kappa shape index (κ3) is 9.21. The number of aromatic nitrogens is 1. The molecule has 0 atom stereocenters. The van der Waals surface area contributed by atoms with E-state index < -0.39 is 17.4 Å². The van der Waals surface area contributed by atoms with E-state index in [1.807, 2.05) is 18.2 Å². The van der Waals surface area contributed by atoms with E-state index in [0.29, 0.717) is 17.0 Å². The fourth-order valence-electron chi connectivity index (χ4n) is 2.16. The normalized spacial score (nSPS) is 9.94. The van der Waals surface area contributed by atoms with Crippen molar-refractivity contribution in [1.29, 1.82) is 0 Å². The first kappa shape index (κ1) is 24.4. The minimum atomic E-state index is -1.02. The second kappa shape index (κ2) is 13.4. The highest BCUT2D eigenvalue weighted by molar-refractivity contribution is 8.76. The van der Waals surface area contributed by atoms with Crippen molar-refractivity contribution >= 4 is 56.3 Å². The second-order valence-electron chi connectivity index (χ2n) is 5.62. The zero-order chi connectivity index (χ0) is 22.5. The van der Waals surface area contributed by atoms with Crippen molar-refractivity contribution in [3.63, 3.8) is 0 Å². The van der Waals surface area contributed by atoms with Crippen LogP contribution in [-0.2, 0) is 16.1 Å². The van der Waals surface area contributed by atoms with Crippen LogP contribution in [0.2, 0.25) is 0 Å². The molecule has 2 aromatic rings. The average Bonchev–Trinajstić information content (AvgIpc) is 2.77. The molecule has 0 aliphatic rings. The number of hydrogen-bond acceptors (Lipinski definition) is 8. The van der Waals surface area contributed by atoms with Crippen molar-refractivity contribution in [3.05, 3.63) is 53.7 Å². The summed E-state index contributed by atoms with van der Waals surface area (Å²) in [6.45, 7) is -0.00647. The molecule has 1 aromatic heterocycles. The van der Waals surface area contributed by atoms with Gasteiger partial charge in [0.05, 0.1) is 12.2 Å². The molecule has 0 spiro atoms. The van der Waals surface area contributed by atoms with Crippen molar-refractivity contribution in [2.75, 3.05) is 24.2 Å². The van der Waals surface area contributed by atoms with Crippen LogP contribution in [-0.4, -0.2) is 41.3 Å². The molecule has 0 saturated heterocycles. The van der Waals surface area contributed by atoms with Crippen LogP contribution < -0.4 is 10.6 Å². The Hall–Kier alpha value is -2.87. The molecule has 1 aromatic carbocycles. The van der Waals surface area contributed by atoms with E-state index in [-0.39, 0.29) is 25.3 Å². The van der Waals surface area contributed by atoms with Crippen LogP contribution in [0.25, 0.3) is 0 Å². The lowest BCUT2D eigenvalue weighted by Crippen LogP contribution is -2.24. The Morgan fingerprint density at radius 1 is 1.19 bits per heavy atom. The van der Waals surface area contributed by atoms with Gasteiger partial charge in [-0.2, -0.15) is 0 Å². The fourth-order valence-corrected chi connectivity index (χ4v) is 3.92. The Morgan fingerprint density at radius 3 is 2.74 bits per heavy atom. The van der Waals surface area contributed by atoms with Crippen molar-refractivity contribution < 1.29 is 23.9 Å². The summed E-state index contributed by atoms with van der Waals surface area (Å²) in [4.78, 5) is 39.3. The van der Waals surface area contributed by atoms with Gasteiger partial charge >= 0.3 is 11.5 Å². The third-order valence-electron chi connectivity index (χ3n) is 3.48. The van der Waals surface area contributed by atoms with E-state index in [9.17, 15) is 14.4 Å². The number of terminal acetylenes is 1. The molecule has 0 aliphatic carbocycles. The number of nitrogens with one attached hydrogen (secondary N) is 2. The molecule has 8 nitrogen and oxygen atoms in total. The van der Waals surface area contributed by atoms with Gasteiger partial charge in [-0.05, 0) is 41.1 Å². The molecule has 0 radical (unpaired) electrons. The third-order valence-corrected chi connectivity index (χ3v) is 5.82. The van der Waals surface area contributed by atoms with Gasteiger partial charge in [-0.3, -0.25) is 10.1 Å². The summed E-state index contributed by atoms with van der Waals surface area (Å²) in [5.74, 6) is 2.45. The number of hydrogen-bond donors (Lipinski definition) is 2. The molecule has 0 fully saturated rings. The number of nitrogens with zero attached hydrogens (tertiary/aromatic N) is 1. The minimum Gasteiger partial charge on any atom is -0.449 e. The van der Waals surface area contributed by atoms with Gasteiger partial charge in [-0.15, -0.1) is 6.42 Å². The summed E-state index contributed by atoms with van der Waals surface area (Å²) in [7, 11) is 2.98. The zero-order valence-corrected chi connectivity index (χ0v) is 18.5. The Balaban J connectivity index is 1.90. The quantitative estimate of drug-likeness (QED) is 0.225. The predicted octanol–water partition coefficient (Wildman–Crippen LogP) is 4.31. The van der Waals surface area contributed by atoms with Crippen LogP contribution in [0.4, 0.5) is 15.3 Å². The second-order valence-corrected chi connectivity index (χ2v) is 8.36. The maximum absolute atomic E-state index is 12.1. The predicted molar refractivity (Wildman–Crippen MR) is 121 cm³/mol. The largest absolute Gasteiger partial charge is 0.449 e. The van der Waals surface area contributed by atoms with Gasteiger partial charge in [0.1, 0.15) is 18.2 Å². The molecule has 31 heavy (non-hydrogen) atoms. The van der Waals surface area contributed by atoms with E-state index in [2.05, 4.69) is 21.5 Å². The van der Waals surface area contributed by atoms with Crippen molar-refractivity contribution in [1.82, 2.24) is 10.3 Å². The minimum absolute atomic E-state index is 0.0633. The topological polar surface area (TPSA) is 107 Å². The highest BCUT2D eigenvalue weighted by atomic mass is 35.5. The van der Waals surface area contributed by atoms with Gasteiger partial charge in [0, 0.05) is 34.7 Å². The summed E-state index contributed by atoms with van der Waals surface area (Å²) in [6, 6.07) is 10.1. The van der Waals surface area contributed by atoms with E-state index in [4.69, 9.17) is 27.5 Å². The van der Waals surface area contributed by atoms with Gasteiger partial charge in [-0.1, -0.05) is 22.8 Å². The van der Waals surface area contributed by atoms with Crippen LogP contribution in [0.15, 0.2) is 47.6 Å². The highest BCUT2D eigenvalue weighted by Gasteiger charge is 2.13. The summed E-state index contributed by atoms with van der Waals surface area (Å²) >= 11 is 5.22. The first-order valence-electron chi connectivity index (χ1n) is 8.80. The summed E-state index contributed by atoms with van der Waals surface area (Å²) in [5, 5.41) is 5.95. The van der Waals surface area contributed by atoms with Gasteiger partial charge in [-0.25, -0.2) is 14.6 Å². The zero-order valence-electron chi connectivity index (χ0n) is 16.1. The lowest BCUT2D eigenvalue weighted by atomic mass is 10.1. The highest BCUT2D eigenvalue weighted by Crippen LogP contribution is 2.28. The molecule has 0 unspecified atom stereocenters. The van der Waals surface area contributed by atoms with Gasteiger partial charge in [0.2, 0.25) is 0 Å². The lowest BCUT2D eigenvalue weighted by Gasteiger charge is -2.13. The summed E-state index contributed by atoms with van der Waals surface area (Å²) in [6.07, 6.45) is 6.14. The summed E-state index contributed by atoms with van der Waals surface area (Å²) in [5.41, 5.74) is -0.0674. The number of carbonyl (C=O) groups excluding carboxylic acids is 3. The molecular weight excluding hydrogens is 462 g/mol. The van der Waals surface area contributed by atoms with E-state index >= 15 is 0 Å². The molecule has 0 aliphatic heterocycles. The Kier molecular flexibility index (Phi) is 10.6. The maximum Gasteiger partial charge on any atom is 0.411 e. The number of benzene rings is 1. The van der Waals surface area contributed by atoms with Crippen LogP contribution >= 0.6 is 33.2 Å². The molecule has 0 bridgehead atoms. The van der Waals surface area contributed by atoms with Crippen LogP contribution in [0, 0.1) is 12.3 Å². The SMILES string of the molecule is C#CCNC(=O)c1ccc(NC(=O)OCCSSc2ccccn2)c(COC(=O)Cl)c1. The molecule has 11 heteroatoms. The Labute approximate surface area is 192 Å². The monoisotopic (exact) mass is 479 g/mol. The number of pyridine rings is 1. The number of halogens is 1. The van der Waals surface area contributed by atoms with Crippen molar-refractivity contribution in [3.8, 4) is 12.3 Å². The van der Waals surface area contributed by atoms with Gasteiger partial charge in [0.25, 0.3) is 5.91 Å². The van der Waals surface area contributed by atoms with Gasteiger partial charge in [0.15, 0.2) is 0 Å². The standard InChI is InChI=1S/C20H18ClN3O5S2/c1-2-8-23-18(25)14-6-7-16(15(12-14)13-29-19(21)26)24-20(27)28-10-11-30-31-17-5-3-4-9-22-17/h1,3-7,9,12H,8,10-11,13H2,(H,23,25)(H,24,27). The number of rotatable bonds is 10. The molecule has 2 N–H and O–H groups in total. The number of carbonyl (C=O) groups is 3. The Bertz CT molecular complexity index is 954. The van der Waals surface area contributed by atoms with Gasteiger partial charge < -0.3 is 14.8 Å². The lowest BCUT2D eigenvalue weighted by molar-refractivity contribution is 0.0958.